The van der Waals surface area contributed by atoms with Gasteiger partial charge in [0.2, 0.25) is 0 Å². The van der Waals surface area contributed by atoms with Crippen molar-refractivity contribution >= 4 is 11.8 Å². The minimum absolute atomic E-state index is 0.311. The summed E-state index contributed by atoms with van der Waals surface area (Å²) >= 11 is 1.46. The van der Waals surface area contributed by atoms with Crippen LogP contribution in [0.4, 0.5) is 0 Å². The van der Waals surface area contributed by atoms with Gasteiger partial charge in [0.05, 0.1) is 9.79 Å². The molecule has 0 radical (unpaired) electrons. The minimum atomic E-state index is 0.311. The van der Waals surface area contributed by atoms with Crippen molar-refractivity contribution < 1.29 is 10.2 Å². The van der Waals surface area contributed by atoms with Crippen LogP contribution < -0.4 is 0 Å². The van der Waals surface area contributed by atoms with Crippen molar-refractivity contribution in [1.29, 1.82) is 0 Å². The Labute approximate surface area is 156 Å². The molecule has 0 aliphatic carbocycles. The van der Waals surface area contributed by atoms with Crippen LogP contribution in [-0.4, -0.2) is 10.2 Å². The lowest BCUT2D eigenvalue weighted by Crippen LogP contribution is -1.95. The summed E-state index contributed by atoms with van der Waals surface area (Å²) in [6.07, 6.45) is 4.04. The lowest BCUT2D eigenvalue weighted by atomic mass is 9.96. The maximum absolute atomic E-state index is 10.7. The minimum Gasteiger partial charge on any atom is -0.506 e. The van der Waals surface area contributed by atoms with E-state index in [2.05, 4.69) is 46.8 Å². The van der Waals surface area contributed by atoms with Gasteiger partial charge in [0.15, 0.2) is 0 Å². The molecule has 0 amide bonds. The van der Waals surface area contributed by atoms with Crippen LogP contribution in [0, 0.1) is 13.8 Å². The van der Waals surface area contributed by atoms with E-state index in [1.807, 2.05) is 12.1 Å². The van der Waals surface area contributed by atoms with Crippen molar-refractivity contribution in [3.63, 3.8) is 0 Å². The first-order chi connectivity index (χ1) is 11.9. The van der Waals surface area contributed by atoms with Gasteiger partial charge in [-0.05, 0) is 73.4 Å². The number of aryl methyl sites for hydroxylation is 3. The van der Waals surface area contributed by atoms with Gasteiger partial charge in [-0.25, -0.2) is 0 Å². The normalized spacial score (nSPS) is 12.4. The summed E-state index contributed by atoms with van der Waals surface area (Å²) in [5, 5.41) is 21.4. The third-order valence-corrected chi connectivity index (χ3v) is 5.77. The lowest BCUT2D eigenvalue weighted by Gasteiger charge is -2.17. The maximum Gasteiger partial charge on any atom is 0.132 e. The van der Waals surface area contributed by atoms with Crippen LogP contribution >= 0.6 is 11.8 Å². The average molecular weight is 359 g/mol. The molecular formula is C22H30O2S. The summed E-state index contributed by atoms with van der Waals surface area (Å²) in [6, 6.07) is 8.13. The molecule has 3 heteroatoms. The Balaban J connectivity index is 2.43. The molecule has 0 fully saturated rings. The Hall–Kier alpha value is -1.61. The standard InChI is InChI=1S/C22H30O2S/c1-6-8-9-17-10-14(3)12-19(21(17)23)25-20-13-15(4)11-18(22(20)24)16(5)7-2/h10-13,16,23-24H,6-9H2,1-5H3. The van der Waals surface area contributed by atoms with Crippen LogP contribution in [0.1, 0.15) is 68.2 Å². The summed E-state index contributed by atoms with van der Waals surface area (Å²) < 4.78 is 0. The van der Waals surface area contributed by atoms with Crippen molar-refractivity contribution in [2.45, 2.75) is 76.0 Å². The van der Waals surface area contributed by atoms with Crippen LogP contribution in [-0.2, 0) is 6.42 Å². The molecule has 0 saturated carbocycles. The Morgan fingerprint density at radius 1 is 0.920 bits per heavy atom. The molecule has 25 heavy (non-hydrogen) atoms. The van der Waals surface area contributed by atoms with E-state index in [9.17, 15) is 10.2 Å². The van der Waals surface area contributed by atoms with Crippen molar-refractivity contribution in [2.24, 2.45) is 0 Å². The Morgan fingerprint density at radius 3 is 2.12 bits per heavy atom. The fraction of sp³-hybridized carbons (Fsp3) is 0.455. The number of rotatable bonds is 7. The highest BCUT2D eigenvalue weighted by molar-refractivity contribution is 7.99. The molecule has 2 N–H and O–H groups in total. The van der Waals surface area contributed by atoms with Gasteiger partial charge >= 0.3 is 0 Å². The molecule has 2 nitrogen and oxygen atoms in total. The van der Waals surface area contributed by atoms with E-state index in [-0.39, 0.29) is 0 Å². The van der Waals surface area contributed by atoms with E-state index >= 15 is 0 Å². The first-order valence-electron chi connectivity index (χ1n) is 9.21. The molecule has 0 saturated heterocycles. The zero-order valence-electron chi connectivity index (χ0n) is 16.0. The molecular weight excluding hydrogens is 328 g/mol. The van der Waals surface area contributed by atoms with Gasteiger partial charge in [-0.1, -0.05) is 51.1 Å². The van der Waals surface area contributed by atoms with Crippen molar-refractivity contribution in [1.82, 2.24) is 0 Å². The van der Waals surface area contributed by atoms with Crippen molar-refractivity contribution in [2.75, 3.05) is 0 Å². The number of hydrogen-bond acceptors (Lipinski definition) is 3. The second-order valence-electron chi connectivity index (χ2n) is 6.99. The Bertz CT molecular complexity index is 737. The quantitative estimate of drug-likeness (QED) is 0.577. The second kappa shape index (κ2) is 8.66. The van der Waals surface area contributed by atoms with Gasteiger partial charge in [-0.2, -0.15) is 0 Å². The van der Waals surface area contributed by atoms with Gasteiger partial charge in [-0.3, -0.25) is 0 Å². The third-order valence-electron chi connectivity index (χ3n) is 4.71. The maximum atomic E-state index is 10.7. The van der Waals surface area contributed by atoms with Crippen LogP contribution in [0.3, 0.4) is 0 Å². The molecule has 0 aromatic heterocycles. The number of phenols is 2. The van der Waals surface area contributed by atoms with Gasteiger partial charge < -0.3 is 10.2 Å². The molecule has 136 valence electrons. The molecule has 0 heterocycles. The lowest BCUT2D eigenvalue weighted by molar-refractivity contribution is 0.447. The fourth-order valence-electron chi connectivity index (χ4n) is 3.02. The van der Waals surface area contributed by atoms with Crippen molar-refractivity contribution in [3.8, 4) is 11.5 Å². The highest BCUT2D eigenvalue weighted by Gasteiger charge is 2.17. The molecule has 0 spiro atoms. The van der Waals surface area contributed by atoms with E-state index in [4.69, 9.17) is 0 Å². The predicted molar refractivity (Wildman–Crippen MR) is 107 cm³/mol. The van der Waals surface area contributed by atoms with Gasteiger partial charge in [0.25, 0.3) is 0 Å². The summed E-state index contributed by atoms with van der Waals surface area (Å²) in [5.41, 5.74) is 4.26. The van der Waals surface area contributed by atoms with Crippen LogP contribution in [0.25, 0.3) is 0 Å². The van der Waals surface area contributed by atoms with Crippen molar-refractivity contribution in [3.05, 3.63) is 46.5 Å². The Kier molecular flexibility index (Phi) is 6.83. The summed E-state index contributed by atoms with van der Waals surface area (Å²) in [4.78, 5) is 1.64. The zero-order valence-corrected chi connectivity index (χ0v) is 16.8. The van der Waals surface area contributed by atoms with E-state index in [0.717, 1.165) is 57.7 Å². The highest BCUT2D eigenvalue weighted by atomic mass is 32.2. The number of aromatic hydroxyl groups is 2. The van der Waals surface area contributed by atoms with Gasteiger partial charge in [0.1, 0.15) is 11.5 Å². The molecule has 2 aromatic carbocycles. The molecule has 0 aliphatic heterocycles. The smallest absolute Gasteiger partial charge is 0.132 e. The Morgan fingerprint density at radius 2 is 1.52 bits per heavy atom. The van der Waals surface area contributed by atoms with Crippen LogP contribution in [0.5, 0.6) is 11.5 Å². The van der Waals surface area contributed by atoms with Crippen LogP contribution in [0.15, 0.2) is 34.1 Å². The molecule has 0 bridgehead atoms. The largest absolute Gasteiger partial charge is 0.506 e. The van der Waals surface area contributed by atoms with E-state index < -0.39 is 0 Å². The first kappa shape index (κ1) is 19.7. The number of phenolic OH excluding ortho intramolecular Hbond substituents is 2. The van der Waals surface area contributed by atoms with Gasteiger partial charge in [0, 0.05) is 0 Å². The molecule has 2 aromatic rings. The van der Waals surface area contributed by atoms with E-state index in [1.165, 1.54) is 11.8 Å². The SMILES string of the molecule is CCCCc1cc(C)cc(Sc2cc(C)cc(C(C)CC)c2O)c1O. The predicted octanol–water partition coefficient (Wildman–Crippen LogP) is 6.72. The molecule has 1 unspecified atom stereocenters. The highest BCUT2D eigenvalue weighted by Crippen LogP contribution is 2.44. The zero-order chi connectivity index (χ0) is 18.6. The monoisotopic (exact) mass is 358 g/mol. The average Bonchev–Trinajstić information content (AvgIpc) is 2.58. The van der Waals surface area contributed by atoms with Gasteiger partial charge in [-0.15, -0.1) is 0 Å². The fourth-order valence-corrected chi connectivity index (χ4v) is 4.19. The van der Waals surface area contributed by atoms with E-state index in [0.29, 0.717) is 17.4 Å². The molecule has 2 rings (SSSR count). The number of hydrogen-bond donors (Lipinski definition) is 2. The summed E-state index contributed by atoms with van der Waals surface area (Å²) in [6.45, 7) is 10.5. The summed E-state index contributed by atoms with van der Waals surface area (Å²) in [7, 11) is 0. The third kappa shape index (κ3) is 4.72. The number of benzene rings is 2. The first-order valence-corrected chi connectivity index (χ1v) is 10.0. The van der Waals surface area contributed by atoms with Crippen LogP contribution in [0.2, 0.25) is 0 Å². The number of unbranched alkanes of at least 4 members (excludes halogenated alkanes) is 1. The molecule has 1 atom stereocenters. The topological polar surface area (TPSA) is 40.5 Å². The summed E-state index contributed by atoms with van der Waals surface area (Å²) in [5.74, 6) is 1.02. The molecule has 0 aliphatic rings. The van der Waals surface area contributed by atoms with E-state index in [1.54, 1.807) is 0 Å². The second-order valence-corrected chi connectivity index (χ2v) is 8.07.